The van der Waals surface area contributed by atoms with Gasteiger partial charge in [-0.3, -0.25) is 0 Å². The Morgan fingerprint density at radius 2 is 1.89 bits per heavy atom. The van der Waals surface area contributed by atoms with E-state index in [-0.39, 0.29) is 0 Å². The Balaban J connectivity index is 3.07. The van der Waals surface area contributed by atoms with Crippen LogP contribution < -0.4 is 5.48 Å². The van der Waals surface area contributed by atoms with Crippen molar-refractivity contribution in [1.29, 1.82) is 0 Å². The molecule has 0 saturated carbocycles. The van der Waals surface area contributed by atoms with Gasteiger partial charge in [-0.1, -0.05) is 20.8 Å². The average molecular weight is 131 g/mol. The SMILES string of the molecule is CNOCCC(C)(C)C. The highest BCUT2D eigenvalue weighted by Gasteiger charge is 2.08. The monoisotopic (exact) mass is 131 g/mol. The van der Waals surface area contributed by atoms with E-state index in [0.717, 1.165) is 13.0 Å². The lowest BCUT2D eigenvalue weighted by Crippen LogP contribution is -2.14. The molecule has 0 aromatic rings. The molecular weight excluding hydrogens is 114 g/mol. The van der Waals surface area contributed by atoms with Crippen molar-refractivity contribution in [1.82, 2.24) is 5.48 Å². The van der Waals surface area contributed by atoms with Crippen LogP contribution in [0, 0.1) is 5.41 Å². The summed E-state index contributed by atoms with van der Waals surface area (Å²) in [6, 6.07) is 0. The van der Waals surface area contributed by atoms with Crippen molar-refractivity contribution in [2.75, 3.05) is 13.7 Å². The van der Waals surface area contributed by atoms with Crippen molar-refractivity contribution >= 4 is 0 Å². The van der Waals surface area contributed by atoms with Gasteiger partial charge in [0, 0.05) is 7.05 Å². The summed E-state index contributed by atoms with van der Waals surface area (Å²) < 4.78 is 0. The number of nitrogens with one attached hydrogen (secondary N) is 1. The van der Waals surface area contributed by atoms with E-state index in [4.69, 9.17) is 4.84 Å². The lowest BCUT2D eigenvalue weighted by Gasteiger charge is -2.16. The molecule has 2 heteroatoms. The Morgan fingerprint density at radius 3 is 2.22 bits per heavy atom. The summed E-state index contributed by atoms with van der Waals surface area (Å²) in [5, 5.41) is 0. The Labute approximate surface area is 57.5 Å². The van der Waals surface area contributed by atoms with Gasteiger partial charge in [0.25, 0.3) is 0 Å². The molecule has 0 aromatic carbocycles. The Bertz CT molecular complexity index is 65.8. The molecule has 1 N–H and O–H groups in total. The summed E-state index contributed by atoms with van der Waals surface area (Å²) in [6.07, 6.45) is 1.09. The number of hydrogen-bond acceptors (Lipinski definition) is 2. The van der Waals surface area contributed by atoms with E-state index in [0.29, 0.717) is 5.41 Å². The zero-order valence-corrected chi connectivity index (χ0v) is 6.82. The smallest absolute Gasteiger partial charge is 0.0687 e. The number of hydroxylamine groups is 1. The van der Waals surface area contributed by atoms with Crippen LogP contribution in [0.5, 0.6) is 0 Å². The largest absolute Gasteiger partial charge is 0.302 e. The predicted octanol–water partition coefficient (Wildman–Crippen LogP) is 1.57. The summed E-state index contributed by atoms with van der Waals surface area (Å²) in [5.41, 5.74) is 3.03. The fourth-order valence-corrected chi connectivity index (χ4v) is 0.459. The van der Waals surface area contributed by atoms with Crippen molar-refractivity contribution in [3.8, 4) is 0 Å². The second-order valence-corrected chi connectivity index (χ2v) is 3.36. The van der Waals surface area contributed by atoms with Crippen LogP contribution in [-0.2, 0) is 4.84 Å². The van der Waals surface area contributed by atoms with Gasteiger partial charge in [-0.05, 0) is 11.8 Å². The molecule has 0 bridgehead atoms. The molecular formula is C7H17NO. The maximum absolute atomic E-state index is 4.96. The fourth-order valence-electron chi connectivity index (χ4n) is 0.459. The first-order valence-corrected chi connectivity index (χ1v) is 3.35. The molecule has 2 nitrogen and oxygen atoms in total. The highest BCUT2D eigenvalue weighted by atomic mass is 16.6. The minimum Gasteiger partial charge on any atom is -0.302 e. The van der Waals surface area contributed by atoms with E-state index in [1.165, 1.54) is 0 Å². The molecule has 0 unspecified atom stereocenters. The van der Waals surface area contributed by atoms with Gasteiger partial charge in [0.05, 0.1) is 6.61 Å². The summed E-state index contributed by atoms with van der Waals surface area (Å²) in [5.74, 6) is 0. The molecule has 56 valence electrons. The van der Waals surface area contributed by atoms with Crippen molar-refractivity contribution in [2.24, 2.45) is 5.41 Å². The van der Waals surface area contributed by atoms with Crippen molar-refractivity contribution in [3.63, 3.8) is 0 Å². The minimum absolute atomic E-state index is 0.386. The van der Waals surface area contributed by atoms with Gasteiger partial charge in [-0.15, -0.1) is 0 Å². The van der Waals surface area contributed by atoms with Crippen LogP contribution >= 0.6 is 0 Å². The van der Waals surface area contributed by atoms with Crippen LogP contribution in [0.25, 0.3) is 0 Å². The Kier molecular flexibility index (Phi) is 3.82. The zero-order valence-electron chi connectivity index (χ0n) is 6.82. The van der Waals surface area contributed by atoms with E-state index in [1.54, 1.807) is 7.05 Å². The molecule has 0 atom stereocenters. The molecule has 9 heavy (non-hydrogen) atoms. The molecule has 0 amide bonds. The Morgan fingerprint density at radius 1 is 1.33 bits per heavy atom. The van der Waals surface area contributed by atoms with Crippen LogP contribution in [0.4, 0.5) is 0 Å². The summed E-state index contributed by atoms with van der Waals surface area (Å²) in [6.45, 7) is 7.39. The standard InChI is InChI=1S/C7H17NO/c1-7(2,3)5-6-9-8-4/h8H,5-6H2,1-4H3. The summed E-state index contributed by atoms with van der Waals surface area (Å²) in [7, 11) is 1.78. The molecule has 0 aromatic heterocycles. The number of hydrogen-bond donors (Lipinski definition) is 1. The second kappa shape index (κ2) is 3.85. The van der Waals surface area contributed by atoms with E-state index in [9.17, 15) is 0 Å². The zero-order chi connectivity index (χ0) is 7.33. The highest BCUT2D eigenvalue weighted by Crippen LogP contribution is 2.17. The van der Waals surface area contributed by atoms with Gasteiger partial charge in [0.1, 0.15) is 0 Å². The predicted molar refractivity (Wildman–Crippen MR) is 39.1 cm³/mol. The lowest BCUT2D eigenvalue weighted by molar-refractivity contribution is 0.0410. The molecule has 0 aliphatic heterocycles. The van der Waals surface area contributed by atoms with Gasteiger partial charge in [-0.25, -0.2) is 5.48 Å². The van der Waals surface area contributed by atoms with Crippen LogP contribution in [0.15, 0.2) is 0 Å². The van der Waals surface area contributed by atoms with Crippen molar-refractivity contribution in [3.05, 3.63) is 0 Å². The van der Waals surface area contributed by atoms with E-state index >= 15 is 0 Å². The molecule has 0 aliphatic carbocycles. The molecule has 0 spiro atoms. The maximum atomic E-state index is 4.96. The number of rotatable bonds is 3. The summed E-state index contributed by atoms with van der Waals surface area (Å²) in [4.78, 5) is 4.96. The van der Waals surface area contributed by atoms with E-state index in [2.05, 4.69) is 26.3 Å². The molecule has 0 saturated heterocycles. The van der Waals surface area contributed by atoms with E-state index in [1.807, 2.05) is 0 Å². The minimum atomic E-state index is 0.386. The fraction of sp³-hybridized carbons (Fsp3) is 1.00. The summed E-state index contributed by atoms with van der Waals surface area (Å²) >= 11 is 0. The average Bonchev–Trinajstić information content (AvgIpc) is 1.63. The maximum Gasteiger partial charge on any atom is 0.0687 e. The first-order valence-electron chi connectivity index (χ1n) is 3.35. The van der Waals surface area contributed by atoms with Crippen LogP contribution in [-0.4, -0.2) is 13.7 Å². The quantitative estimate of drug-likeness (QED) is 0.463. The van der Waals surface area contributed by atoms with Gasteiger partial charge >= 0.3 is 0 Å². The van der Waals surface area contributed by atoms with Gasteiger partial charge in [0.2, 0.25) is 0 Å². The van der Waals surface area contributed by atoms with Gasteiger partial charge < -0.3 is 4.84 Å². The topological polar surface area (TPSA) is 21.3 Å². The highest BCUT2D eigenvalue weighted by molar-refractivity contribution is 4.59. The van der Waals surface area contributed by atoms with Crippen molar-refractivity contribution < 1.29 is 4.84 Å². The second-order valence-electron chi connectivity index (χ2n) is 3.36. The van der Waals surface area contributed by atoms with Crippen LogP contribution in [0.3, 0.4) is 0 Å². The third-order valence-corrected chi connectivity index (χ3v) is 1.10. The van der Waals surface area contributed by atoms with Crippen LogP contribution in [0.2, 0.25) is 0 Å². The first-order chi connectivity index (χ1) is 4.06. The third-order valence-electron chi connectivity index (χ3n) is 1.10. The molecule has 0 rings (SSSR count). The third kappa shape index (κ3) is 7.92. The Hall–Kier alpha value is -0.0800. The van der Waals surface area contributed by atoms with Crippen LogP contribution in [0.1, 0.15) is 27.2 Å². The van der Waals surface area contributed by atoms with Gasteiger partial charge in [-0.2, -0.15) is 0 Å². The van der Waals surface area contributed by atoms with Crippen molar-refractivity contribution in [2.45, 2.75) is 27.2 Å². The lowest BCUT2D eigenvalue weighted by atomic mass is 9.93. The molecule has 0 fully saturated rings. The normalized spacial score (nSPS) is 12.0. The molecule has 0 heterocycles. The first kappa shape index (κ1) is 8.92. The molecule has 0 aliphatic rings. The molecule has 0 radical (unpaired) electrons. The van der Waals surface area contributed by atoms with E-state index < -0.39 is 0 Å². The van der Waals surface area contributed by atoms with Gasteiger partial charge in [0.15, 0.2) is 0 Å².